The molecule has 0 spiro atoms. The number of rotatable bonds is 3. The van der Waals surface area contributed by atoms with Crippen LogP contribution in [0.5, 0.6) is 0 Å². The first-order valence-electron chi connectivity index (χ1n) is 4.69. The fourth-order valence-electron chi connectivity index (χ4n) is 1.65. The number of benzene rings is 1. The number of hydrogen-bond donors (Lipinski definition) is 0. The van der Waals surface area contributed by atoms with Gasteiger partial charge in [0.05, 0.1) is 6.61 Å². The highest BCUT2D eigenvalue weighted by atomic mass is 79.9. The molecule has 1 aliphatic rings. The lowest BCUT2D eigenvalue weighted by molar-refractivity contribution is 0.185. The second-order valence-electron chi connectivity index (χ2n) is 3.68. The van der Waals surface area contributed by atoms with E-state index in [-0.39, 0.29) is 0 Å². The summed E-state index contributed by atoms with van der Waals surface area (Å²) in [4.78, 5) is 0. The van der Waals surface area contributed by atoms with Crippen molar-refractivity contribution >= 4 is 27.5 Å². The number of hydrogen-bond acceptors (Lipinski definition) is 1. The highest BCUT2D eigenvalue weighted by molar-refractivity contribution is 9.10. The third-order valence-electron chi connectivity index (χ3n) is 2.44. The van der Waals surface area contributed by atoms with E-state index in [4.69, 9.17) is 16.3 Å². The van der Waals surface area contributed by atoms with Crippen molar-refractivity contribution in [3.8, 4) is 0 Å². The van der Waals surface area contributed by atoms with Gasteiger partial charge in [-0.3, -0.25) is 0 Å². The summed E-state index contributed by atoms with van der Waals surface area (Å²) in [5.74, 6) is 0.675. The Labute approximate surface area is 97.5 Å². The van der Waals surface area contributed by atoms with Crippen LogP contribution in [0.1, 0.15) is 29.9 Å². The molecule has 0 bridgehead atoms. The third kappa shape index (κ3) is 2.13. The molecule has 0 saturated heterocycles. The molecule has 76 valence electrons. The number of ether oxygens (including phenoxy) is 1. The van der Waals surface area contributed by atoms with E-state index in [1.807, 2.05) is 6.07 Å². The first-order valence-corrected chi connectivity index (χ1v) is 5.86. The van der Waals surface area contributed by atoms with E-state index in [9.17, 15) is 0 Å². The molecule has 0 unspecified atom stereocenters. The van der Waals surface area contributed by atoms with Gasteiger partial charge in [0.2, 0.25) is 0 Å². The van der Waals surface area contributed by atoms with Gasteiger partial charge in [-0.15, -0.1) is 0 Å². The predicted molar refractivity (Wildman–Crippen MR) is 61.8 cm³/mol. The summed E-state index contributed by atoms with van der Waals surface area (Å²) >= 11 is 9.79. The lowest BCUT2D eigenvalue weighted by Gasteiger charge is -2.08. The van der Waals surface area contributed by atoms with Gasteiger partial charge in [0.15, 0.2) is 0 Å². The van der Waals surface area contributed by atoms with E-state index in [2.05, 4.69) is 22.0 Å². The Bertz CT molecular complexity index is 324. The van der Waals surface area contributed by atoms with Gasteiger partial charge < -0.3 is 4.74 Å². The van der Waals surface area contributed by atoms with Crippen LogP contribution < -0.4 is 0 Å². The predicted octanol–water partition coefficient (Wildman–Crippen LogP) is 4.13. The summed E-state index contributed by atoms with van der Waals surface area (Å²) in [6.07, 6.45) is 2.53. The monoisotopic (exact) mass is 274 g/mol. The molecule has 0 heterocycles. The van der Waals surface area contributed by atoms with Crippen molar-refractivity contribution < 1.29 is 4.74 Å². The van der Waals surface area contributed by atoms with Gasteiger partial charge in [0, 0.05) is 16.6 Å². The van der Waals surface area contributed by atoms with Gasteiger partial charge in [0.25, 0.3) is 0 Å². The quantitative estimate of drug-likeness (QED) is 0.806. The Morgan fingerprint density at radius 1 is 1.50 bits per heavy atom. The van der Waals surface area contributed by atoms with Crippen molar-refractivity contribution in [1.29, 1.82) is 0 Å². The van der Waals surface area contributed by atoms with Crippen LogP contribution in [0.3, 0.4) is 0 Å². The maximum atomic E-state index is 6.22. The van der Waals surface area contributed by atoms with E-state index in [0.717, 1.165) is 15.1 Å². The Kier molecular flexibility index (Phi) is 3.15. The SMILES string of the molecule is COCc1cc(Cl)c(C2CC2)c(Br)c1. The molecule has 0 radical (unpaired) electrons. The Morgan fingerprint density at radius 2 is 2.21 bits per heavy atom. The summed E-state index contributed by atoms with van der Waals surface area (Å²) in [6, 6.07) is 4.10. The minimum Gasteiger partial charge on any atom is -0.380 e. The molecule has 0 aliphatic heterocycles. The molecule has 2 rings (SSSR count). The molecule has 3 heteroatoms. The standard InChI is InChI=1S/C11H12BrClO/c1-14-6-7-4-9(12)11(8-2-3-8)10(13)5-7/h4-5,8H,2-3,6H2,1H3. The molecule has 1 fully saturated rings. The molecule has 14 heavy (non-hydrogen) atoms. The summed E-state index contributed by atoms with van der Waals surface area (Å²) in [5.41, 5.74) is 2.39. The lowest BCUT2D eigenvalue weighted by atomic mass is 10.1. The molecule has 1 saturated carbocycles. The second-order valence-corrected chi connectivity index (χ2v) is 4.94. The van der Waals surface area contributed by atoms with E-state index in [1.165, 1.54) is 18.4 Å². The van der Waals surface area contributed by atoms with Crippen LogP contribution in [0, 0.1) is 0 Å². The topological polar surface area (TPSA) is 9.23 Å². The smallest absolute Gasteiger partial charge is 0.0714 e. The van der Waals surface area contributed by atoms with Crippen LogP contribution in [0.4, 0.5) is 0 Å². The molecular weight excluding hydrogens is 263 g/mol. The first kappa shape index (κ1) is 10.5. The summed E-state index contributed by atoms with van der Waals surface area (Å²) < 4.78 is 6.20. The van der Waals surface area contributed by atoms with Crippen LogP contribution >= 0.6 is 27.5 Å². The van der Waals surface area contributed by atoms with Crippen LogP contribution in [0.15, 0.2) is 16.6 Å². The van der Waals surface area contributed by atoms with Gasteiger partial charge in [0.1, 0.15) is 0 Å². The molecule has 0 amide bonds. The van der Waals surface area contributed by atoms with E-state index >= 15 is 0 Å². The molecule has 0 aromatic heterocycles. The molecular formula is C11H12BrClO. The van der Waals surface area contributed by atoms with Gasteiger partial charge in [-0.1, -0.05) is 27.5 Å². The van der Waals surface area contributed by atoms with Crippen LogP contribution in [-0.2, 0) is 11.3 Å². The second kappa shape index (κ2) is 4.21. The Balaban J connectivity index is 2.34. The summed E-state index contributed by atoms with van der Waals surface area (Å²) in [7, 11) is 1.69. The van der Waals surface area contributed by atoms with Crippen molar-refractivity contribution in [3.05, 3.63) is 32.8 Å². The third-order valence-corrected chi connectivity index (χ3v) is 3.40. The summed E-state index contributed by atoms with van der Waals surface area (Å²) in [5, 5.41) is 0.869. The molecule has 0 atom stereocenters. The fourth-order valence-corrected chi connectivity index (χ4v) is 2.99. The van der Waals surface area contributed by atoms with Crippen LogP contribution in [0.2, 0.25) is 5.02 Å². The zero-order valence-corrected chi connectivity index (χ0v) is 10.4. The normalized spacial score (nSPS) is 15.9. The van der Waals surface area contributed by atoms with Crippen LogP contribution in [0.25, 0.3) is 0 Å². The Hall–Kier alpha value is -0.0500. The molecule has 1 aromatic carbocycles. The zero-order chi connectivity index (χ0) is 10.1. The average Bonchev–Trinajstić information content (AvgIpc) is 2.87. The largest absolute Gasteiger partial charge is 0.380 e. The van der Waals surface area contributed by atoms with Crippen molar-refractivity contribution in [2.24, 2.45) is 0 Å². The minimum absolute atomic E-state index is 0.614. The average molecular weight is 276 g/mol. The van der Waals surface area contributed by atoms with Crippen LogP contribution in [-0.4, -0.2) is 7.11 Å². The summed E-state index contributed by atoms with van der Waals surface area (Å²) in [6.45, 7) is 0.614. The van der Waals surface area contributed by atoms with Crippen molar-refractivity contribution in [2.75, 3.05) is 7.11 Å². The molecule has 1 aromatic rings. The van der Waals surface area contributed by atoms with Crippen molar-refractivity contribution in [3.63, 3.8) is 0 Å². The van der Waals surface area contributed by atoms with Gasteiger partial charge in [-0.25, -0.2) is 0 Å². The minimum atomic E-state index is 0.614. The van der Waals surface area contributed by atoms with E-state index in [0.29, 0.717) is 12.5 Å². The van der Waals surface area contributed by atoms with Crippen molar-refractivity contribution in [1.82, 2.24) is 0 Å². The number of halogens is 2. The number of methoxy groups -OCH3 is 1. The molecule has 0 N–H and O–H groups in total. The van der Waals surface area contributed by atoms with E-state index in [1.54, 1.807) is 7.11 Å². The van der Waals surface area contributed by atoms with Gasteiger partial charge >= 0.3 is 0 Å². The Morgan fingerprint density at radius 3 is 2.71 bits per heavy atom. The molecule has 1 aliphatic carbocycles. The van der Waals surface area contributed by atoms with Gasteiger partial charge in [-0.05, 0) is 42.0 Å². The highest BCUT2D eigenvalue weighted by Crippen LogP contribution is 2.46. The fraction of sp³-hybridized carbons (Fsp3) is 0.455. The van der Waals surface area contributed by atoms with Gasteiger partial charge in [-0.2, -0.15) is 0 Å². The lowest BCUT2D eigenvalue weighted by Crippen LogP contribution is -1.91. The van der Waals surface area contributed by atoms with E-state index < -0.39 is 0 Å². The highest BCUT2D eigenvalue weighted by Gasteiger charge is 2.28. The van der Waals surface area contributed by atoms with Crippen molar-refractivity contribution in [2.45, 2.75) is 25.4 Å². The molecule has 1 nitrogen and oxygen atoms in total. The zero-order valence-electron chi connectivity index (χ0n) is 8.02. The first-order chi connectivity index (χ1) is 6.72. The maximum Gasteiger partial charge on any atom is 0.0714 e. The maximum absolute atomic E-state index is 6.22.